The predicted molar refractivity (Wildman–Crippen MR) is 129 cm³/mol. The molecule has 0 unspecified atom stereocenters. The van der Waals surface area contributed by atoms with Crippen molar-refractivity contribution in [3.63, 3.8) is 0 Å². The van der Waals surface area contributed by atoms with E-state index in [1.165, 1.54) is 11.8 Å². The van der Waals surface area contributed by atoms with Crippen LogP contribution in [0.2, 0.25) is 0 Å². The van der Waals surface area contributed by atoms with Crippen LogP contribution < -0.4 is 10.1 Å². The Balaban J connectivity index is 1.22. The van der Waals surface area contributed by atoms with Gasteiger partial charge in [0.25, 0.3) is 0 Å². The monoisotopic (exact) mass is 455 g/mol. The van der Waals surface area contributed by atoms with E-state index in [2.05, 4.69) is 25.5 Å². The van der Waals surface area contributed by atoms with Gasteiger partial charge in [-0.1, -0.05) is 48.2 Å². The minimum absolute atomic E-state index is 0.120. The van der Waals surface area contributed by atoms with Crippen LogP contribution in [0.1, 0.15) is 0 Å². The van der Waals surface area contributed by atoms with Crippen molar-refractivity contribution < 1.29 is 13.9 Å². The summed E-state index contributed by atoms with van der Waals surface area (Å²) in [4.78, 5) is 20.4. The number of ether oxygens (including phenoxy) is 1. The molecule has 6 rings (SSSR count). The lowest BCUT2D eigenvalue weighted by Crippen LogP contribution is -2.15. The Morgan fingerprint density at radius 2 is 1.85 bits per heavy atom. The zero-order valence-corrected chi connectivity index (χ0v) is 18.3. The number of benzene rings is 3. The number of anilines is 1. The zero-order chi connectivity index (χ0) is 22.4. The molecule has 9 heteroatoms. The standard InChI is InChI=1S/C24H17N5O3S/c1-31-20-10-15-13-6-3-5-9-18(13)32-19(15)11-17(20)25-21(30)12-33-24-27-23-22(28-29-24)14-7-2-4-8-16(14)26-23/h2-11H,12H2,1H3,(H,25,30)(H,26,27,29). The third kappa shape index (κ3) is 3.42. The van der Waals surface area contributed by atoms with Crippen LogP contribution in [-0.2, 0) is 4.79 Å². The predicted octanol–water partition coefficient (Wildman–Crippen LogP) is 5.14. The molecule has 1 amide bonds. The Morgan fingerprint density at radius 1 is 1.03 bits per heavy atom. The van der Waals surface area contributed by atoms with Gasteiger partial charge in [-0.3, -0.25) is 4.79 Å². The molecule has 0 aliphatic carbocycles. The molecule has 6 aromatic rings. The first kappa shape index (κ1) is 19.6. The number of aromatic nitrogens is 4. The van der Waals surface area contributed by atoms with Gasteiger partial charge in [0.05, 0.1) is 18.6 Å². The molecule has 0 bridgehead atoms. The molecule has 0 aliphatic rings. The fourth-order valence-electron chi connectivity index (χ4n) is 3.90. The molecule has 3 aromatic heterocycles. The smallest absolute Gasteiger partial charge is 0.234 e. The average Bonchev–Trinajstić information content (AvgIpc) is 3.39. The van der Waals surface area contributed by atoms with Crippen molar-refractivity contribution in [1.29, 1.82) is 0 Å². The summed E-state index contributed by atoms with van der Waals surface area (Å²) in [5.74, 6) is 0.466. The summed E-state index contributed by atoms with van der Waals surface area (Å²) in [7, 11) is 1.57. The number of nitrogens with zero attached hydrogens (tertiary/aromatic N) is 3. The second-order valence-electron chi connectivity index (χ2n) is 7.45. The number of hydrogen-bond acceptors (Lipinski definition) is 7. The summed E-state index contributed by atoms with van der Waals surface area (Å²) in [6.45, 7) is 0. The molecule has 0 saturated heterocycles. The van der Waals surface area contributed by atoms with Crippen LogP contribution in [0.25, 0.3) is 44.0 Å². The first-order chi connectivity index (χ1) is 16.2. The number of furan rings is 1. The van der Waals surface area contributed by atoms with E-state index in [0.29, 0.717) is 33.3 Å². The van der Waals surface area contributed by atoms with Gasteiger partial charge in [-0.05, 0) is 18.2 Å². The quantitative estimate of drug-likeness (QED) is 0.347. The topological polar surface area (TPSA) is 106 Å². The molecule has 0 aliphatic heterocycles. The highest BCUT2D eigenvalue weighted by atomic mass is 32.2. The summed E-state index contributed by atoms with van der Waals surface area (Å²) in [5.41, 5.74) is 4.30. The molecule has 33 heavy (non-hydrogen) atoms. The summed E-state index contributed by atoms with van der Waals surface area (Å²) < 4.78 is 11.4. The van der Waals surface area contributed by atoms with Crippen LogP contribution in [0.4, 0.5) is 5.69 Å². The number of carbonyl (C=O) groups is 1. The number of rotatable bonds is 5. The first-order valence-corrected chi connectivity index (χ1v) is 11.2. The van der Waals surface area contributed by atoms with E-state index in [9.17, 15) is 4.79 Å². The minimum atomic E-state index is -0.214. The average molecular weight is 455 g/mol. The Labute approximate surface area is 191 Å². The maximum Gasteiger partial charge on any atom is 0.234 e. The van der Waals surface area contributed by atoms with E-state index in [1.54, 1.807) is 13.2 Å². The molecule has 0 saturated carbocycles. The summed E-state index contributed by atoms with van der Waals surface area (Å²) in [6.07, 6.45) is 0. The number of para-hydroxylation sites is 2. The molecule has 3 aromatic carbocycles. The number of hydrogen-bond donors (Lipinski definition) is 2. The van der Waals surface area contributed by atoms with Gasteiger partial charge >= 0.3 is 0 Å². The van der Waals surface area contributed by atoms with Gasteiger partial charge in [-0.15, -0.1) is 10.2 Å². The number of carbonyl (C=O) groups excluding carboxylic acids is 1. The van der Waals surface area contributed by atoms with Crippen molar-refractivity contribution in [3.8, 4) is 5.75 Å². The second kappa shape index (κ2) is 7.79. The highest BCUT2D eigenvalue weighted by molar-refractivity contribution is 7.99. The van der Waals surface area contributed by atoms with E-state index in [0.717, 1.165) is 27.3 Å². The molecular formula is C24H17N5O3S. The molecule has 3 heterocycles. The van der Waals surface area contributed by atoms with E-state index in [-0.39, 0.29) is 11.7 Å². The van der Waals surface area contributed by atoms with Gasteiger partial charge in [0.1, 0.15) is 22.4 Å². The number of nitrogens with one attached hydrogen (secondary N) is 2. The van der Waals surface area contributed by atoms with Crippen LogP contribution in [-0.4, -0.2) is 38.9 Å². The number of thioether (sulfide) groups is 1. The van der Waals surface area contributed by atoms with Crippen molar-refractivity contribution in [2.45, 2.75) is 5.16 Å². The number of amides is 1. The number of aromatic amines is 1. The number of fused-ring (bicyclic) bond motifs is 6. The van der Waals surface area contributed by atoms with Crippen molar-refractivity contribution in [2.75, 3.05) is 18.2 Å². The first-order valence-electron chi connectivity index (χ1n) is 10.2. The fraction of sp³-hybridized carbons (Fsp3) is 0.0833. The number of methoxy groups -OCH3 is 1. The van der Waals surface area contributed by atoms with Gasteiger partial charge in [-0.2, -0.15) is 0 Å². The minimum Gasteiger partial charge on any atom is -0.495 e. The second-order valence-corrected chi connectivity index (χ2v) is 8.39. The zero-order valence-electron chi connectivity index (χ0n) is 17.5. The van der Waals surface area contributed by atoms with E-state index >= 15 is 0 Å². The third-order valence-corrected chi connectivity index (χ3v) is 6.25. The van der Waals surface area contributed by atoms with Gasteiger partial charge in [0.2, 0.25) is 11.1 Å². The van der Waals surface area contributed by atoms with Crippen molar-refractivity contribution in [1.82, 2.24) is 20.2 Å². The van der Waals surface area contributed by atoms with Gasteiger partial charge in [-0.25, -0.2) is 4.98 Å². The highest BCUT2D eigenvalue weighted by Gasteiger charge is 2.15. The largest absolute Gasteiger partial charge is 0.495 e. The van der Waals surface area contributed by atoms with E-state index in [4.69, 9.17) is 9.15 Å². The number of H-pyrrole nitrogens is 1. The van der Waals surface area contributed by atoms with Crippen LogP contribution in [0.5, 0.6) is 5.75 Å². The molecular weight excluding hydrogens is 438 g/mol. The Hall–Kier alpha value is -4.11. The summed E-state index contributed by atoms with van der Waals surface area (Å²) in [5, 5.41) is 14.7. The highest BCUT2D eigenvalue weighted by Crippen LogP contribution is 2.36. The maximum atomic E-state index is 12.7. The van der Waals surface area contributed by atoms with Crippen molar-refractivity contribution >= 4 is 67.4 Å². The van der Waals surface area contributed by atoms with E-state index in [1.807, 2.05) is 54.6 Å². The van der Waals surface area contributed by atoms with Crippen LogP contribution in [0.3, 0.4) is 0 Å². The Kier molecular flexibility index (Phi) is 4.62. The van der Waals surface area contributed by atoms with Crippen LogP contribution in [0, 0.1) is 0 Å². The molecule has 162 valence electrons. The summed E-state index contributed by atoms with van der Waals surface area (Å²) >= 11 is 1.21. The van der Waals surface area contributed by atoms with Crippen molar-refractivity contribution in [3.05, 3.63) is 60.7 Å². The van der Waals surface area contributed by atoms with Crippen LogP contribution >= 0.6 is 11.8 Å². The molecule has 2 N–H and O–H groups in total. The molecule has 0 atom stereocenters. The lowest BCUT2D eigenvalue weighted by molar-refractivity contribution is -0.113. The van der Waals surface area contributed by atoms with Gasteiger partial charge in [0.15, 0.2) is 5.65 Å². The maximum absolute atomic E-state index is 12.7. The Morgan fingerprint density at radius 3 is 2.73 bits per heavy atom. The lowest BCUT2D eigenvalue weighted by Gasteiger charge is -2.10. The Bertz CT molecular complexity index is 1670. The molecule has 0 radical (unpaired) electrons. The van der Waals surface area contributed by atoms with E-state index < -0.39 is 0 Å². The summed E-state index contributed by atoms with van der Waals surface area (Å²) in [6, 6.07) is 19.3. The normalized spacial score (nSPS) is 11.5. The van der Waals surface area contributed by atoms with Crippen LogP contribution in [0.15, 0.2) is 70.2 Å². The molecule has 0 fully saturated rings. The lowest BCUT2D eigenvalue weighted by atomic mass is 10.1. The third-order valence-electron chi connectivity index (χ3n) is 5.41. The van der Waals surface area contributed by atoms with Gasteiger partial charge < -0.3 is 19.5 Å². The molecule has 0 spiro atoms. The van der Waals surface area contributed by atoms with Gasteiger partial charge in [0, 0.05) is 27.7 Å². The SMILES string of the molecule is COc1cc2c(cc1NC(=O)CSc1nnc3c(n1)[nH]c1ccccc13)oc1ccccc12. The van der Waals surface area contributed by atoms with Crippen molar-refractivity contribution in [2.24, 2.45) is 0 Å². The molecule has 8 nitrogen and oxygen atoms in total. The fourth-order valence-corrected chi connectivity index (χ4v) is 4.49.